The maximum atomic E-state index is 5.99. The Labute approximate surface area is 130 Å². The predicted molar refractivity (Wildman–Crippen MR) is 86.1 cm³/mol. The van der Waals surface area contributed by atoms with Crippen molar-refractivity contribution in [2.75, 3.05) is 12.4 Å². The van der Waals surface area contributed by atoms with Gasteiger partial charge in [0.05, 0.1) is 25.0 Å². The Bertz CT molecular complexity index is 623. The second kappa shape index (κ2) is 5.94. The molecule has 2 aromatic rings. The summed E-state index contributed by atoms with van der Waals surface area (Å²) in [4.78, 5) is 4.22. The lowest BCUT2D eigenvalue weighted by Crippen LogP contribution is -2.13. The largest absolute Gasteiger partial charge is 0.497 e. The van der Waals surface area contributed by atoms with Gasteiger partial charge in [0.25, 0.3) is 0 Å². The number of benzene rings is 1. The van der Waals surface area contributed by atoms with E-state index >= 15 is 0 Å². The zero-order valence-electron chi connectivity index (χ0n) is 12.3. The van der Waals surface area contributed by atoms with Crippen LogP contribution in [-0.2, 0) is 0 Å². The van der Waals surface area contributed by atoms with Crippen LogP contribution in [0.3, 0.4) is 0 Å². The highest BCUT2D eigenvalue weighted by Crippen LogP contribution is 2.43. The highest BCUT2D eigenvalue weighted by Gasteiger charge is 2.32. The number of ether oxygens (including phenoxy) is 1. The van der Waals surface area contributed by atoms with Crippen LogP contribution in [0.1, 0.15) is 30.0 Å². The van der Waals surface area contributed by atoms with Gasteiger partial charge < -0.3 is 10.1 Å². The normalized spacial score (nSPS) is 15.6. The minimum absolute atomic E-state index is 0.318. The van der Waals surface area contributed by atoms with Gasteiger partial charge in [0, 0.05) is 0 Å². The number of aryl methyl sites for hydroxylation is 1. The lowest BCUT2D eigenvalue weighted by molar-refractivity contribution is 0.414. The number of nitrogens with zero attached hydrogens (tertiary/aromatic N) is 1. The molecule has 1 atom stereocenters. The van der Waals surface area contributed by atoms with Gasteiger partial charge in [-0.25, -0.2) is 4.98 Å². The highest BCUT2D eigenvalue weighted by molar-refractivity contribution is 6.30. The maximum absolute atomic E-state index is 5.99. The van der Waals surface area contributed by atoms with Crippen LogP contribution >= 0.6 is 11.6 Å². The molecule has 0 amide bonds. The molecule has 0 radical (unpaired) electrons. The van der Waals surface area contributed by atoms with Crippen LogP contribution in [0.15, 0.2) is 36.5 Å². The standard InChI is InChI=1S/C17H19ClN2O/c1-11-9-14(10-19-17(11)18)20-16(12-3-4-12)13-5-7-15(21-2)8-6-13/h5-10,12,16,20H,3-4H2,1-2H3. The van der Waals surface area contributed by atoms with E-state index in [0.717, 1.165) is 17.0 Å². The summed E-state index contributed by atoms with van der Waals surface area (Å²) in [6.45, 7) is 1.97. The van der Waals surface area contributed by atoms with Crippen molar-refractivity contribution in [1.29, 1.82) is 0 Å². The Hall–Kier alpha value is -1.74. The van der Waals surface area contributed by atoms with Gasteiger partial charge in [-0.2, -0.15) is 0 Å². The van der Waals surface area contributed by atoms with Gasteiger partial charge in [0.2, 0.25) is 0 Å². The second-order valence-corrected chi connectivity index (χ2v) is 5.92. The number of hydrogen-bond donors (Lipinski definition) is 1. The number of halogens is 1. The molecule has 1 N–H and O–H groups in total. The molecule has 21 heavy (non-hydrogen) atoms. The van der Waals surface area contributed by atoms with Gasteiger partial charge in [-0.3, -0.25) is 0 Å². The monoisotopic (exact) mass is 302 g/mol. The van der Waals surface area contributed by atoms with Crippen molar-refractivity contribution in [3.63, 3.8) is 0 Å². The number of pyridine rings is 1. The van der Waals surface area contributed by atoms with E-state index in [1.807, 2.05) is 25.1 Å². The van der Waals surface area contributed by atoms with Crippen molar-refractivity contribution in [2.24, 2.45) is 5.92 Å². The molecule has 1 aromatic carbocycles. The van der Waals surface area contributed by atoms with Crippen LogP contribution < -0.4 is 10.1 Å². The SMILES string of the molecule is COc1ccc(C(Nc2cnc(Cl)c(C)c2)C2CC2)cc1. The minimum atomic E-state index is 0.318. The van der Waals surface area contributed by atoms with Gasteiger partial charge in [0.1, 0.15) is 10.9 Å². The molecule has 1 heterocycles. The van der Waals surface area contributed by atoms with Gasteiger partial charge in [0.15, 0.2) is 0 Å². The molecular weight excluding hydrogens is 284 g/mol. The van der Waals surface area contributed by atoms with Crippen LogP contribution in [-0.4, -0.2) is 12.1 Å². The maximum Gasteiger partial charge on any atom is 0.132 e. The lowest BCUT2D eigenvalue weighted by atomic mass is 10.0. The molecule has 1 fully saturated rings. The second-order valence-electron chi connectivity index (χ2n) is 5.56. The first-order valence-electron chi connectivity index (χ1n) is 7.20. The van der Waals surface area contributed by atoms with Crippen LogP contribution in [0.2, 0.25) is 5.15 Å². The first-order chi connectivity index (χ1) is 10.2. The Morgan fingerprint density at radius 3 is 2.57 bits per heavy atom. The van der Waals surface area contributed by atoms with E-state index in [-0.39, 0.29) is 0 Å². The fraction of sp³-hybridized carbons (Fsp3) is 0.353. The Kier molecular flexibility index (Phi) is 4.02. The topological polar surface area (TPSA) is 34.1 Å². The minimum Gasteiger partial charge on any atom is -0.497 e. The van der Waals surface area contributed by atoms with Gasteiger partial charge in [-0.15, -0.1) is 0 Å². The van der Waals surface area contributed by atoms with E-state index in [2.05, 4.69) is 22.4 Å². The van der Waals surface area contributed by atoms with E-state index in [1.165, 1.54) is 18.4 Å². The zero-order valence-corrected chi connectivity index (χ0v) is 13.0. The number of hydrogen-bond acceptors (Lipinski definition) is 3. The molecule has 1 unspecified atom stereocenters. The fourth-order valence-corrected chi connectivity index (χ4v) is 2.63. The molecule has 3 nitrogen and oxygen atoms in total. The summed E-state index contributed by atoms with van der Waals surface area (Å²) in [5.74, 6) is 1.58. The van der Waals surface area contributed by atoms with E-state index in [4.69, 9.17) is 16.3 Å². The average Bonchev–Trinajstić information content (AvgIpc) is 3.33. The summed E-state index contributed by atoms with van der Waals surface area (Å²) >= 11 is 5.99. The van der Waals surface area contributed by atoms with Gasteiger partial charge in [-0.1, -0.05) is 23.7 Å². The smallest absolute Gasteiger partial charge is 0.132 e. The molecule has 0 saturated heterocycles. The Morgan fingerprint density at radius 1 is 1.29 bits per heavy atom. The molecule has 110 valence electrons. The summed E-state index contributed by atoms with van der Waals surface area (Å²) in [6, 6.07) is 10.7. The zero-order chi connectivity index (χ0) is 14.8. The molecule has 1 aliphatic rings. The van der Waals surface area contributed by atoms with Crippen LogP contribution in [0, 0.1) is 12.8 Å². The first-order valence-corrected chi connectivity index (χ1v) is 7.58. The lowest BCUT2D eigenvalue weighted by Gasteiger charge is -2.20. The fourth-order valence-electron chi connectivity index (χ4n) is 2.53. The van der Waals surface area contributed by atoms with Crippen molar-refractivity contribution in [2.45, 2.75) is 25.8 Å². The van der Waals surface area contributed by atoms with Crippen molar-refractivity contribution in [3.05, 3.63) is 52.8 Å². The predicted octanol–water partition coefficient (Wildman–Crippen LogP) is 4.62. The number of nitrogens with one attached hydrogen (secondary N) is 1. The molecule has 0 bridgehead atoms. The third kappa shape index (κ3) is 3.30. The molecule has 1 aromatic heterocycles. The van der Waals surface area contributed by atoms with Crippen molar-refractivity contribution in [1.82, 2.24) is 4.98 Å². The van der Waals surface area contributed by atoms with Crippen molar-refractivity contribution < 1.29 is 4.74 Å². The Morgan fingerprint density at radius 2 is 2.00 bits per heavy atom. The number of rotatable bonds is 5. The van der Waals surface area contributed by atoms with Gasteiger partial charge >= 0.3 is 0 Å². The molecule has 0 spiro atoms. The third-order valence-corrected chi connectivity index (χ3v) is 4.30. The summed E-state index contributed by atoms with van der Waals surface area (Å²) in [5, 5.41) is 4.16. The summed E-state index contributed by atoms with van der Waals surface area (Å²) in [5.41, 5.74) is 3.29. The molecule has 4 heteroatoms. The highest BCUT2D eigenvalue weighted by atomic mass is 35.5. The van der Waals surface area contributed by atoms with E-state index in [1.54, 1.807) is 13.3 Å². The average molecular weight is 303 g/mol. The number of aromatic nitrogens is 1. The van der Waals surface area contributed by atoms with E-state index in [9.17, 15) is 0 Å². The summed E-state index contributed by atoms with van der Waals surface area (Å²) in [7, 11) is 1.69. The van der Waals surface area contributed by atoms with Crippen LogP contribution in [0.5, 0.6) is 5.75 Å². The van der Waals surface area contributed by atoms with Crippen LogP contribution in [0.4, 0.5) is 5.69 Å². The number of methoxy groups -OCH3 is 1. The molecule has 1 aliphatic carbocycles. The molecule has 1 saturated carbocycles. The van der Waals surface area contributed by atoms with E-state index < -0.39 is 0 Å². The molecule has 3 rings (SSSR count). The number of anilines is 1. The van der Waals surface area contributed by atoms with Crippen LogP contribution in [0.25, 0.3) is 0 Å². The Balaban J connectivity index is 1.82. The molecule has 0 aliphatic heterocycles. The van der Waals surface area contributed by atoms with Crippen molar-refractivity contribution >= 4 is 17.3 Å². The van der Waals surface area contributed by atoms with Gasteiger partial charge in [-0.05, 0) is 55.0 Å². The molecular formula is C17H19ClN2O. The quantitative estimate of drug-likeness (QED) is 0.819. The third-order valence-electron chi connectivity index (χ3n) is 3.90. The summed E-state index contributed by atoms with van der Waals surface area (Å²) < 4.78 is 5.23. The summed E-state index contributed by atoms with van der Waals surface area (Å²) in [6.07, 6.45) is 4.33. The first kappa shape index (κ1) is 14.2. The van der Waals surface area contributed by atoms with E-state index in [0.29, 0.717) is 17.1 Å². The van der Waals surface area contributed by atoms with Crippen molar-refractivity contribution in [3.8, 4) is 5.75 Å².